The number of nitrogens with zero attached hydrogens (tertiary/aromatic N) is 2. The molecule has 0 saturated carbocycles. The van der Waals surface area contributed by atoms with Crippen LogP contribution >= 0.6 is 11.8 Å². The molecule has 0 saturated heterocycles. The van der Waals surface area contributed by atoms with Gasteiger partial charge in [0.05, 0.1) is 0 Å². The molecule has 6 nitrogen and oxygen atoms in total. The summed E-state index contributed by atoms with van der Waals surface area (Å²) >= 11 is 1.74. The van der Waals surface area contributed by atoms with Crippen LogP contribution in [0.4, 0.5) is 0 Å². The van der Waals surface area contributed by atoms with Crippen molar-refractivity contribution in [3.05, 3.63) is 107 Å². The average Bonchev–Trinajstić information content (AvgIpc) is 3.31. The number of aromatic nitrogens is 1. The Bertz CT molecular complexity index is 1740. The molecule has 1 aliphatic rings. The second-order valence-corrected chi connectivity index (χ2v) is 11.4. The summed E-state index contributed by atoms with van der Waals surface area (Å²) in [5, 5.41) is 6.08. The van der Waals surface area contributed by atoms with Gasteiger partial charge in [0.15, 0.2) is 5.78 Å². The largest absolute Gasteiger partial charge is 0.341 e. The van der Waals surface area contributed by atoms with Gasteiger partial charge >= 0.3 is 5.97 Å². The summed E-state index contributed by atoms with van der Waals surface area (Å²) in [5.74, 6) is -0.226. The summed E-state index contributed by atoms with van der Waals surface area (Å²) in [6, 6.07) is 18.9. The van der Waals surface area contributed by atoms with Gasteiger partial charge in [-0.1, -0.05) is 53.7 Å². The minimum atomic E-state index is -0.573. The van der Waals surface area contributed by atoms with Crippen LogP contribution in [-0.2, 0) is 16.2 Å². The highest BCUT2D eigenvalue weighted by Gasteiger charge is 2.20. The molecule has 0 bridgehead atoms. The van der Waals surface area contributed by atoms with Gasteiger partial charge in [-0.05, 0) is 68.0 Å². The predicted molar refractivity (Wildman–Crippen MR) is 167 cm³/mol. The van der Waals surface area contributed by atoms with E-state index in [0.29, 0.717) is 34.1 Å². The van der Waals surface area contributed by atoms with Crippen LogP contribution < -0.4 is 0 Å². The molecule has 0 N–H and O–H groups in total. The van der Waals surface area contributed by atoms with Gasteiger partial charge < -0.3 is 9.40 Å². The molecule has 1 atom stereocenters. The van der Waals surface area contributed by atoms with Gasteiger partial charge in [0.1, 0.15) is 5.71 Å². The minimum Gasteiger partial charge on any atom is -0.341 e. The molecule has 1 unspecified atom stereocenters. The molecule has 1 heterocycles. The van der Waals surface area contributed by atoms with E-state index in [1.165, 1.54) is 6.92 Å². The normalized spacial score (nSPS) is 15.0. The van der Waals surface area contributed by atoms with Crippen molar-refractivity contribution in [1.29, 1.82) is 0 Å². The minimum absolute atomic E-state index is 0.0359. The van der Waals surface area contributed by atoms with Gasteiger partial charge in [0.2, 0.25) is 5.78 Å². The summed E-state index contributed by atoms with van der Waals surface area (Å²) in [6.45, 7) is 6.01. The van der Waals surface area contributed by atoms with Crippen molar-refractivity contribution in [2.45, 2.75) is 45.4 Å². The Hall–Kier alpha value is -4.23. The number of benzene rings is 3. The third-order valence-electron chi connectivity index (χ3n) is 7.25. The maximum Gasteiger partial charge on any atom is 0.331 e. The molecule has 1 aromatic heterocycles. The summed E-state index contributed by atoms with van der Waals surface area (Å²) in [5.41, 5.74) is 4.83. The first kappa shape index (κ1) is 28.3. The molecule has 41 heavy (non-hydrogen) atoms. The third kappa shape index (κ3) is 6.10. The summed E-state index contributed by atoms with van der Waals surface area (Å²) in [4.78, 5) is 43.5. The number of aryl methyl sites for hydroxylation is 2. The van der Waals surface area contributed by atoms with E-state index in [4.69, 9.17) is 4.84 Å². The van der Waals surface area contributed by atoms with E-state index in [1.807, 2.05) is 73.7 Å². The fourth-order valence-electron chi connectivity index (χ4n) is 5.19. The highest BCUT2D eigenvalue weighted by molar-refractivity contribution is 8.00. The van der Waals surface area contributed by atoms with E-state index in [1.54, 1.807) is 17.8 Å². The zero-order chi connectivity index (χ0) is 28.9. The van der Waals surface area contributed by atoms with Gasteiger partial charge in [0.25, 0.3) is 0 Å². The van der Waals surface area contributed by atoms with Crippen LogP contribution in [0.1, 0.15) is 58.5 Å². The average molecular weight is 565 g/mol. The van der Waals surface area contributed by atoms with E-state index in [-0.39, 0.29) is 17.3 Å². The Morgan fingerprint density at radius 1 is 0.976 bits per heavy atom. The molecular formula is C34H32N2O4S. The van der Waals surface area contributed by atoms with Gasteiger partial charge in [-0.2, -0.15) is 11.8 Å². The van der Waals surface area contributed by atoms with E-state index >= 15 is 0 Å². The van der Waals surface area contributed by atoms with Crippen LogP contribution in [0.25, 0.3) is 21.8 Å². The van der Waals surface area contributed by atoms with Gasteiger partial charge in [0, 0.05) is 63.6 Å². The molecule has 5 rings (SSSR count). The number of fused-ring (bicyclic) bond motifs is 3. The number of hydrogen-bond donors (Lipinski definition) is 0. The smallest absolute Gasteiger partial charge is 0.331 e. The first-order chi connectivity index (χ1) is 19.9. The maximum absolute atomic E-state index is 13.7. The molecule has 3 aromatic carbocycles. The maximum atomic E-state index is 13.7. The number of carbonyl (C=O) groups is 3. The predicted octanol–water partition coefficient (Wildman–Crippen LogP) is 7.46. The molecule has 0 radical (unpaired) electrons. The van der Waals surface area contributed by atoms with Crippen molar-refractivity contribution in [3.8, 4) is 0 Å². The highest BCUT2D eigenvalue weighted by Crippen LogP contribution is 2.32. The van der Waals surface area contributed by atoms with E-state index in [0.717, 1.165) is 40.3 Å². The number of carbonyl (C=O) groups excluding carboxylic acids is 3. The van der Waals surface area contributed by atoms with Gasteiger partial charge in [-0.3, -0.25) is 9.59 Å². The van der Waals surface area contributed by atoms with Crippen molar-refractivity contribution in [2.24, 2.45) is 5.16 Å². The number of Topliss-reactive ketones (excluding diaryl/α,β-unsaturated/α-hetero) is 1. The van der Waals surface area contributed by atoms with E-state index in [2.05, 4.69) is 28.8 Å². The number of allylic oxidation sites excluding steroid dienone is 3. The lowest BCUT2D eigenvalue weighted by Gasteiger charge is -2.12. The molecular weight excluding hydrogens is 532 g/mol. The molecule has 0 spiro atoms. The van der Waals surface area contributed by atoms with Gasteiger partial charge in [-0.25, -0.2) is 4.79 Å². The fourth-order valence-corrected chi connectivity index (χ4v) is 6.25. The second-order valence-electron chi connectivity index (χ2n) is 10.0. The zero-order valence-electron chi connectivity index (χ0n) is 23.4. The lowest BCUT2D eigenvalue weighted by molar-refractivity contribution is -0.140. The first-order valence-electron chi connectivity index (χ1n) is 13.8. The molecule has 4 aromatic rings. The van der Waals surface area contributed by atoms with Gasteiger partial charge in [-0.15, -0.1) is 0 Å². The molecule has 208 valence electrons. The summed E-state index contributed by atoms with van der Waals surface area (Å²) in [6.07, 6.45) is 9.64. The van der Waals surface area contributed by atoms with E-state index < -0.39 is 5.97 Å². The Kier molecular flexibility index (Phi) is 8.64. The Labute approximate surface area is 243 Å². The molecule has 7 heteroatoms. The van der Waals surface area contributed by atoms with Crippen LogP contribution in [0.3, 0.4) is 0 Å². The summed E-state index contributed by atoms with van der Waals surface area (Å²) < 4.78 is 2.18. The van der Waals surface area contributed by atoms with Crippen molar-refractivity contribution < 1.29 is 19.2 Å². The monoisotopic (exact) mass is 564 g/mol. The quantitative estimate of drug-likeness (QED) is 0.0865. The number of thioether (sulfide) groups is 1. The molecule has 0 amide bonds. The van der Waals surface area contributed by atoms with Crippen molar-refractivity contribution in [1.82, 2.24) is 4.57 Å². The lowest BCUT2D eigenvalue weighted by Crippen LogP contribution is -2.17. The number of oxime groups is 1. The number of ketones is 2. The van der Waals surface area contributed by atoms with Crippen molar-refractivity contribution in [2.75, 3.05) is 5.75 Å². The summed E-state index contributed by atoms with van der Waals surface area (Å²) in [7, 11) is 0. The van der Waals surface area contributed by atoms with Crippen molar-refractivity contribution in [3.63, 3.8) is 0 Å². The standard InChI is InChI=1S/C34H32N2O4S/c1-4-36-31-16-14-24(33(38)27-13-9-8-10-22(27)2)20-28(31)29-21-25(15-17-32(29)36)34(39)30(35-40-23(3)37)18-19-41-26-11-6-5-7-12-26/h5-11,13-17,20-21,26H,4,12,18-19H2,1-3H3. The SMILES string of the molecule is CCn1c2ccc(C(=O)C(CCSC3C=CC=CC3)=NOC(C)=O)cc2c2cc(C(=O)c3ccccc3C)ccc21. The highest BCUT2D eigenvalue weighted by atomic mass is 32.2. The van der Waals surface area contributed by atoms with E-state index in [9.17, 15) is 14.4 Å². The number of rotatable bonds is 10. The van der Waals surface area contributed by atoms with Crippen LogP contribution in [0.15, 0.2) is 90.1 Å². The molecule has 1 aliphatic carbocycles. The number of hydrogen-bond acceptors (Lipinski definition) is 6. The van der Waals surface area contributed by atoms with Crippen molar-refractivity contribution >= 4 is 56.8 Å². The second kappa shape index (κ2) is 12.5. The van der Waals surface area contributed by atoms with Crippen LogP contribution in [0.2, 0.25) is 0 Å². The Balaban J connectivity index is 1.50. The lowest BCUT2D eigenvalue weighted by atomic mass is 9.97. The van der Waals surface area contributed by atoms with Crippen LogP contribution in [0.5, 0.6) is 0 Å². The fraction of sp³-hybridized carbons (Fsp3) is 0.235. The topological polar surface area (TPSA) is 77.7 Å². The first-order valence-corrected chi connectivity index (χ1v) is 14.8. The molecule has 0 aliphatic heterocycles. The van der Waals surface area contributed by atoms with Crippen LogP contribution in [0, 0.1) is 6.92 Å². The van der Waals surface area contributed by atoms with Crippen LogP contribution in [-0.4, -0.2) is 38.8 Å². The Morgan fingerprint density at radius 2 is 1.68 bits per heavy atom. The third-order valence-corrected chi connectivity index (χ3v) is 8.47. The Morgan fingerprint density at radius 3 is 2.34 bits per heavy atom. The zero-order valence-corrected chi connectivity index (χ0v) is 24.2. The molecule has 0 fully saturated rings.